The smallest absolute Gasteiger partial charge is 0.338 e. The molecular weight excluding hydrogens is 346 g/mol. The van der Waals surface area contributed by atoms with Gasteiger partial charge in [-0.15, -0.1) is 0 Å². The molecule has 1 amide bonds. The Morgan fingerprint density at radius 2 is 1.85 bits per heavy atom. The van der Waals surface area contributed by atoms with Crippen LogP contribution < -0.4 is 10.1 Å². The van der Waals surface area contributed by atoms with Crippen LogP contribution in [0, 0.1) is 5.92 Å². The Balaban J connectivity index is 1.37. The van der Waals surface area contributed by atoms with Gasteiger partial charge in [-0.05, 0) is 68.7 Å². The summed E-state index contributed by atoms with van der Waals surface area (Å²) in [6.45, 7) is 3.30. The van der Waals surface area contributed by atoms with Crippen molar-refractivity contribution in [2.45, 2.75) is 57.6 Å². The first kappa shape index (κ1) is 19.7. The van der Waals surface area contributed by atoms with Gasteiger partial charge in [-0.2, -0.15) is 0 Å². The zero-order valence-electron chi connectivity index (χ0n) is 15.9. The molecule has 1 unspecified atom stereocenters. The summed E-state index contributed by atoms with van der Waals surface area (Å²) >= 11 is 0. The van der Waals surface area contributed by atoms with Crippen molar-refractivity contribution in [3.63, 3.8) is 0 Å². The van der Waals surface area contributed by atoms with Gasteiger partial charge in [0.1, 0.15) is 12.4 Å². The van der Waals surface area contributed by atoms with Crippen molar-refractivity contribution in [1.29, 1.82) is 0 Å². The maximum Gasteiger partial charge on any atom is 0.338 e. The molecule has 0 spiro atoms. The Hall–Kier alpha value is -2.08. The quantitative estimate of drug-likeness (QED) is 0.742. The third-order valence-electron chi connectivity index (χ3n) is 5.27. The number of carbonyl (C=O) groups is 2. The molecule has 1 aromatic carbocycles. The molecule has 1 atom stereocenters. The van der Waals surface area contributed by atoms with Crippen molar-refractivity contribution in [3.8, 4) is 5.75 Å². The lowest BCUT2D eigenvalue weighted by atomic mass is 9.87. The maximum absolute atomic E-state index is 12.1. The lowest BCUT2D eigenvalue weighted by Gasteiger charge is -2.26. The summed E-state index contributed by atoms with van der Waals surface area (Å²) in [5.74, 6) is 0.674. The Morgan fingerprint density at radius 3 is 2.52 bits per heavy atom. The highest BCUT2D eigenvalue weighted by Gasteiger charge is 2.20. The van der Waals surface area contributed by atoms with E-state index in [4.69, 9.17) is 14.2 Å². The molecule has 3 rings (SSSR count). The second kappa shape index (κ2) is 9.74. The molecule has 1 aliphatic heterocycles. The second-order valence-electron chi connectivity index (χ2n) is 7.57. The van der Waals surface area contributed by atoms with E-state index in [0.29, 0.717) is 17.9 Å². The fourth-order valence-electron chi connectivity index (χ4n) is 3.54. The van der Waals surface area contributed by atoms with E-state index in [1.165, 1.54) is 0 Å². The monoisotopic (exact) mass is 375 g/mol. The van der Waals surface area contributed by atoms with E-state index in [1.807, 2.05) is 0 Å². The summed E-state index contributed by atoms with van der Waals surface area (Å²) in [6.07, 6.45) is 6.50. The highest BCUT2D eigenvalue weighted by atomic mass is 16.5. The number of rotatable bonds is 7. The van der Waals surface area contributed by atoms with Crippen molar-refractivity contribution < 1.29 is 23.8 Å². The molecule has 2 aliphatic rings. The van der Waals surface area contributed by atoms with Crippen LogP contribution in [-0.2, 0) is 14.3 Å². The highest BCUT2D eigenvalue weighted by Crippen LogP contribution is 2.23. The highest BCUT2D eigenvalue weighted by molar-refractivity contribution is 5.91. The SMILES string of the molecule is CC1CCC(NC(=O)COC(=O)c2ccc(OCC3CCCO3)cc2)CC1. The first-order chi connectivity index (χ1) is 13.1. The zero-order valence-corrected chi connectivity index (χ0v) is 15.9. The topological polar surface area (TPSA) is 73.9 Å². The van der Waals surface area contributed by atoms with Gasteiger partial charge >= 0.3 is 5.97 Å². The van der Waals surface area contributed by atoms with Crippen LogP contribution in [-0.4, -0.2) is 43.8 Å². The summed E-state index contributed by atoms with van der Waals surface area (Å²) in [5, 5.41) is 2.95. The van der Waals surface area contributed by atoms with Crippen LogP contribution in [0.25, 0.3) is 0 Å². The van der Waals surface area contributed by atoms with Gasteiger partial charge in [-0.25, -0.2) is 4.79 Å². The van der Waals surface area contributed by atoms with E-state index in [0.717, 1.165) is 51.0 Å². The molecule has 0 radical (unpaired) electrons. The van der Waals surface area contributed by atoms with Crippen LogP contribution in [0.5, 0.6) is 5.75 Å². The molecule has 6 nitrogen and oxygen atoms in total. The van der Waals surface area contributed by atoms with Crippen LogP contribution in [0.1, 0.15) is 55.8 Å². The molecule has 1 aromatic rings. The number of ether oxygens (including phenoxy) is 3. The predicted molar refractivity (Wildman–Crippen MR) is 101 cm³/mol. The van der Waals surface area contributed by atoms with Crippen molar-refractivity contribution in [2.24, 2.45) is 5.92 Å². The molecule has 2 fully saturated rings. The van der Waals surface area contributed by atoms with E-state index in [1.54, 1.807) is 24.3 Å². The minimum atomic E-state index is -0.506. The number of benzene rings is 1. The van der Waals surface area contributed by atoms with Gasteiger partial charge in [-0.1, -0.05) is 6.92 Å². The summed E-state index contributed by atoms with van der Waals surface area (Å²) in [4.78, 5) is 24.1. The largest absolute Gasteiger partial charge is 0.491 e. The number of nitrogens with one attached hydrogen (secondary N) is 1. The van der Waals surface area contributed by atoms with Crippen LogP contribution in [0.3, 0.4) is 0 Å². The molecule has 1 N–H and O–H groups in total. The summed E-state index contributed by atoms with van der Waals surface area (Å²) in [5.41, 5.74) is 0.402. The summed E-state index contributed by atoms with van der Waals surface area (Å²) in [7, 11) is 0. The molecule has 1 heterocycles. The molecule has 27 heavy (non-hydrogen) atoms. The van der Waals surface area contributed by atoms with Gasteiger partial charge in [-0.3, -0.25) is 4.79 Å². The first-order valence-electron chi connectivity index (χ1n) is 9.91. The number of carbonyl (C=O) groups excluding carboxylic acids is 2. The molecule has 1 aliphatic carbocycles. The number of esters is 1. The third kappa shape index (κ3) is 6.24. The lowest BCUT2D eigenvalue weighted by molar-refractivity contribution is -0.125. The zero-order chi connectivity index (χ0) is 19.1. The minimum absolute atomic E-state index is 0.153. The fraction of sp³-hybridized carbons (Fsp3) is 0.619. The van der Waals surface area contributed by atoms with E-state index >= 15 is 0 Å². The van der Waals surface area contributed by atoms with E-state index < -0.39 is 5.97 Å². The average Bonchev–Trinajstić information content (AvgIpc) is 3.20. The van der Waals surface area contributed by atoms with Gasteiger partial charge in [0.15, 0.2) is 6.61 Å². The Bertz CT molecular complexity index is 616. The Morgan fingerprint density at radius 1 is 1.11 bits per heavy atom. The van der Waals surface area contributed by atoms with Crippen LogP contribution in [0.15, 0.2) is 24.3 Å². The number of hydrogen-bond donors (Lipinski definition) is 1. The van der Waals surface area contributed by atoms with Crippen LogP contribution in [0.4, 0.5) is 0 Å². The molecule has 1 saturated carbocycles. The lowest BCUT2D eigenvalue weighted by Crippen LogP contribution is -2.39. The van der Waals surface area contributed by atoms with Crippen molar-refractivity contribution in [2.75, 3.05) is 19.8 Å². The van der Waals surface area contributed by atoms with Gasteiger partial charge in [0.2, 0.25) is 0 Å². The maximum atomic E-state index is 12.1. The Kier molecular flexibility index (Phi) is 7.10. The fourth-order valence-corrected chi connectivity index (χ4v) is 3.54. The van der Waals surface area contributed by atoms with Crippen LogP contribution >= 0.6 is 0 Å². The predicted octanol–water partition coefficient (Wildman–Crippen LogP) is 3.10. The van der Waals surface area contributed by atoms with Gasteiger partial charge < -0.3 is 19.5 Å². The molecular formula is C21H29NO5. The van der Waals surface area contributed by atoms with Crippen molar-refractivity contribution >= 4 is 11.9 Å². The van der Waals surface area contributed by atoms with Crippen molar-refractivity contribution in [3.05, 3.63) is 29.8 Å². The normalized spacial score (nSPS) is 25.0. The molecule has 148 valence electrons. The van der Waals surface area contributed by atoms with E-state index in [9.17, 15) is 9.59 Å². The number of amides is 1. The van der Waals surface area contributed by atoms with Crippen molar-refractivity contribution in [1.82, 2.24) is 5.32 Å². The second-order valence-corrected chi connectivity index (χ2v) is 7.57. The molecule has 6 heteroatoms. The van der Waals surface area contributed by atoms with E-state index in [-0.39, 0.29) is 24.7 Å². The summed E-state index contributed by atoms with van der Waals surface area (Å²) < 4.78 is 16.3. The standard InChI is InChI=1S/C21H29NO5/c1-15-4-8-17(9-5-15)22-20(23)14-27-21(24)16-6-10-18(11-7-16)26-13-19-3-2-12-25-19/h6-7,10-11,15,17,19H,2-5,8-9,12-14H2,1H3,(H,22,23). The average molecular weight is 375 g/mol. The van der Waals surface area contributed by atoms with Gasteiger partial charge in [0.05, 0.1) is 11.7 Å². The first-order valence-corrected chi connectivity index (χ1v) is 9.91. The van der Waals surface area contributed by atoms with Gasteiger partial charge in [0, 0.05) is 12.6 Å². The molecule has 0 aromatic heterocycles. The summed E-state index contributed by atoms with van der Waals surface area (Å²) in [6, 6.07) is 6.96. The van der Waals surface area contributed by atoms with Crippen LogP contribution in [0.2, 0.25) is 0 Å². The minimum Gasteiger partial charge on any atom is -0.491 e. The van der Waals surface area contributed by atoms with Gasteiger partial charge in [0.25, 0.3) is 5.91 Å². The number of hydrogen-bond acceptors (Lipinski definition) is 5. The third-order valence-corrected chi connectivity index (χ3v) is 5.27. The Labute approximate surface area is 160 Å². The van der Waals surface area contributed by atoms with E-state index in [2.05, 4.69) is 12.2 Å². The molecule has 1 saturated heterocycles. The molecule has 0 bridgehead atoms.